The fraction of sp³-hybridized carbons (Fsp3) is 0.519. The van der Waals surface area contributed by atoms with Gasteiger partial charge in [0.25, 0.3) is 0 Å². The lowest BCUT2D eigenvalue weighted by atomic mass is 9.81. The van der Waals surface area contributed by atoms with Crippen LogP contribution in [0, 0.1) is 11.6 Å². The zero-order chi connectivity index (χ0) is 23.8. The third-order valence-electron chi connectivity index (χ3n) is 6.73. The van der Waals surface area contributed by atoms with Crippen LogP contribution in [0.2, 0.25) is 0 Å². The first kappa shape index (κ1) is 25.3. The Morgan fingerprint density at radius 3 is 2.30 bits per heavy atom. The average Bonchev–Trinajstić information content (AvgIpc) is 3.03. The number of aliphatic hydroxyl groups excluding tert-OH is 1. The molecule has 0 saturated heterocycles. The lowest BCUT2D eigenvalue weighted by Crippen LogP contribution is -2.52. The van der Waals surface area contributed by atoms with E-state index in [4.69, 9.17) is 0 Å². The van der Waals surface area contributed by atoms with Crippen LogP contribution in [0.1, 0.15) is 69.1 Å². The monoisotopic (exact) mass is 458 g/mol. The summed E-state index contributed by atoms with van der Waals surface area (Å²) in [7, 11) is 0. The van der Waals surface area contributed by atoms with Crippen LogP contribution in [0.5, 0.6) is 0 Å². The minimum Gasteiger partial charge on any atom is -0.390 e. The fourth-order valence-corrected chi connectivity index (χ4v) is 4.96. The summed E-state index contributed by atoms with van der Waals surface area (Å²) in [5.41, 5.74) is 2.67. The van der Waals surface area contributed by atoms with Crippen LogP contribution in [-0.2, 0) is 23.2 Å². The number of rotatable bonds is 9. The average molecular weight is 459 g/mol. The highest BCUT2D eigenvalue weighted by Gasteiger charge is 2.34. The molecule has 1 aliphatic rings. The molecule has 2 aromatic carbocycles. The molecular weight excluding hydrogens is 422 g/mol. The van der Waals surface area contributed by atoms with Crippen molar-refractivity contribution in [2.75, 3.05) is 6.54 Å². The van der Waals surface area contributed by atoms with Crippen molar-refractivity contribution in [2.45, 2.75) is 82.9 Å². The van der Waals surface area contributed by atoms with Gasteiger partial charge in [0.1, 0.15) is 11.6 Å². The van der Waals surface area contributed by atoms with E-state index in [2.05, 4.69) is 41.8 Å². The molecule has 3 N–H and O–H groups in total. The number of amides is 1. The highest BCUT2D eigenvalue weighted by atomic mass is 19.1. The lowest BCUT2D eigenvalue weighted by molar-refractivity contribution is -0.120. The Morgan fingerprint density at radius 1 is 1.03 bits per heavy atom. The summed E-state index contributed by atoms with van der Waals surface area (Å²) in [6.45, 7) is 3.78. The number of halogens is 2. The standard InChI is InChI=1S/C27H36F2N2O2/c1-3-20-9-8-10-22(13-20)27(11-6-4-5-7-12-27)30-18-26(33)25(31-19(2)32)16-21-14-23(28)17-24(29)15-21/h8-10,13-15,17,25-26,30,33H,3-7,11-12,16,18H2,1-2H3,(H,31,32). The van der Waals surface area contributed by atoms with Crippen LogP contribution >= 0.6 is 0 Å². The molecule has 0 spiro atoms. The van der Waals surface area contributed by atoms with Crippen molar-refractivity contribution in [1.29, 1.82) is 0 Å². The van der Waals surface area contributed by atoms with Crippen LogP contribution in [0.4, 0.5) is 8.78 Å². The molecule has 0 bridgehead atoms. The largest absolute Gasteiger partial charge is 0.390 e. The van der Waals surface area contributed by atoms with Crippen molar-refractivity contribution in [2.24, 2.45) is 0 Å². The van der Waals surface area contributed by atoms with E-state index in [1.807, 2.05) is 0 Å². The molecule has 0 heterocycles. The second-order valence-corrected chi connectivity index (χ2v) is 9.29. The molecular formula is C27H36F2N2O2. The molecule has 1 amide bonds. The molecule has 1 saturated carbocycles. The number of hydrogen-bond acceptors (Lipinski definition) is 3. The van der Waals surface area contributed by atoms with E-state index in [0.29, 0.717) is 5.56 Å². The molecule has 2 unspecified atom stereocenters. The molecule has 2 aromatic rings. The predicted octanol–water partition coefficient (Wildman–Crippen LogP) is 4.77. The maximum atomic E-state index is 13.7. The first-order chi connectivity index (χ1) is 15.8. The van der Waals surface area contributed by atoms with Gasteiger partial charge >= 0.3 is 0 Å². The zero-order valence-electron chi connectivity index (χ0n) is 19.7. The predicted molar refractivity (Wildman–Crippen MR) is 127 cm³/mol. The quantitative estimate of drug-likeness (QED) is 0.474. The number of nitrogens with one attached hydrogen (secondary N) is 2. The van der Waals surface area contributed by atoms with Gasteiger partial charge in [0.15, 0.2) is 0 Å². The SMILES string of the molecule is CCc1cccc(C2(NCC(O)C(Cc3cc(F)cc(F)c3)NC(C)=O)CCCCCC2)c1. The number of hydrogen-bond donors (Lipinski definition) is 3. The Balaban J connectivity index is 1.79. The van der Waals surface area contributed by atoms with E-state index >= 15 is 0 Å². The highest BCUT2D eigenvalue weighted by Crippen LogP contribution is 2.36. The summed E-state index contributed by atoms with van der Waals surface area (Å²) in [6, 6.07) is 11.3. The van der Waals surface area contributed by atoms with Crippen LogP contribution in [-0.4, -0.2) is 29.7 Å². The summed E-state index contributed by atoms with van der Waals surface area (Å²) < 4.78 is 27.3. The topological polar surface area (TPSA) is 61.4 Å². The van der Waals surface area contributed by atoms with Crippen molar-refractivity contribution in [1.82, 2.24) is 10.6 Å². The van der Waals surface area contributed by atoms with Gasteiger partial charge in [0.2, 0.25) is 5.91 Å². The van der Waals surface area contributed by atoms with Crippen LogP contribution in [0.15, 0.2) is 42.5 Å². The highest BCUT2D eigenvalue weighted by molar-refractivity contribution is 5.73. The maximum absolute atomic E-state index is 13.7. The minimum atomic E-state index is -0.922. The Bertz CT molecular complexity index is 906. The minimum absolute atomic E-state index is 0.134. The van der Waals surface area contributed by atoms with Crippen molar-refractivity contribution < 1.29 is 18.7 Å². The van der Waals surface area contributed by atoms with Crippen LogP contribution in [0.25, 0.3) is 0 Å². The van der Waals surface area contributed by atoms with E-state index < -0.39 is 23.8 Å². The number of benzene rings is 2. The van der Waals surface area contributed by atoms with Crippen LogP contribution < -0.4 is 10.6 Å². The normalized spacial score (nSPS) is 17.7. The van der Waals surface area contributed by atoms with E-state index in [-0.39, 0.29) is 24.4 Å². The summed E-state index contributed by atoms with van der Waals surface area (Å²) in [4.78, 5) is 11.8. The van der Waals surface area contributed by atoms with Gasteiger partial charge in [-0.05, 0) is 54.5 Å². The van der Waals surface area contributed by atoms with Gasteiger partial charge < -0.3 is 15.7 Å². The number of aryl methyl sites for hydroxylation is 1. The molecule has 2 atom stereocenters. The van der Waals surface area contributed by atoms with Gasteiger partial charge in [-0.2, -0.15) is 0 Å². The summed E-state index contributed by atoms with van der Waals surface area (Å²) in [5, 5.41) is 17.5. The Labute approximate surface area is 195 Å². The Morgan fingerprint density at radius 2 is 1.70 bits per heavy atom. The van der Waals surface area contributed by atoms with Crippen molar-refractivity contribution in [3.8, 4) is 0 Å². The first-order valence-corrected chi connectivity index (χ1v) is 12.1. The molecule has 33 heavy (non-hydrogen) atoms. The molecule has 1 aliphatic carbocycles. The Kier molecular flexibility index (Phi) is 8.98. The third-order valence-corrected chi connectivity index (χ3v) is 6.73. The van der Waals surface area contributed by atoms with E-state index in [0.717, 1.165) is 38.2 Å². The van der Waals surface area contributed by atoms with Gasteiger partial charge in [-0.15, -0.1) is 0 Å². The molecule has 0 radical (unpaired) electrons. The van der Waals surface area contributed by atoms with Gasteiger partial charge in [0.05, 0.1) is 12.1 Å². The molecule has 1 fully saturated rings. The summed E-state index contributed by atoms with van der Waals surface area (Å²) in [5.74, 6) is -1.64. The Hall–Kier alpha value is -2.31. The molecule has 0 aromatic heterocycles. The van der Waals surface area contributed by atoms with E-state index in [1.165, 1.54) is 43.0 Å². The smallest absolute Gasteiger partial charge is 0.217 e. The van der Waals surface area contributed by atoms with E-state index in [1.54, 1.807) is 0 Å². The number of carbonyl (C=O) groups is 1. The zero-order valence-corrected chi connectivity index (χ0v) is 19.7. The lowest BCUT2D eigenvalue weighted by Gasteiger charge is -2.37. The van der Waals surface area contributed by atoms with Crippen LogP contribution in [0.3, 0.4) is 0 Å². The van der Waals surface area contributed by atoms with Gasteiger partial charge in [-0.3, -0.25) is 4.79 Å². The first-order valence-electron chi connectivity index (χ1n) is 12.1. The fourth-order valence-electron chi connectivity index (χ4n) is 4.96. The van der Waals surface area contributed by atoms with Crippen molar-refractivity contribution >= 4 is 5.91 Å². The number of carbonyl (C=O) groups excluding carboxylic acids is 1. The van der Waals surface area contributed by atoms with Gasteiger partial charge in [0, 0.05) is 25.1 Å². The van der Waals surface area contributed by atoms with E-state index in [9.17, 15) is 18.7 Å². The molecule has 6 heteroatoms. The molecule has 3 rings (SSSR count). The van der Waals surface area contributed by atoms with Gasteiger partial charge in [-0.25, -0.2) is 8.78 Å². The second-order valence-electron chi connectivity index (χ2n) is 9.29. The van der Waals surface area contributed by atoms with Gasteiger partial charge in [-0.1, -0.05) is 56.9 Å². The molecule has 0 aliphatic heterocycles. The molecule has 4 nitrogen and oxygen atoms in total. The summed E-state index contributed by atoms with van der Waals surface area (Å²) >= 11 is 0. The van der Waals surface area contributed by atoms with Crippen molar-refractivity contribution in [3.63, 3.8) is 0 Å². The number of aliphatic hydroxyl groups is 1. The molecule has 180 valence electrons. The van der Waals surface area contributed by atoms with Crippen molar-refractivity contribution in [3.05, 3.63) is 70.8 Å². The third kappa shape index (κ3) is 7.08. The maximum Gasteiger partial charge on any atom is 0.217 e. The summed E-state index contributed by atoms with van der Waals surface area (Å²) in [6.07, 6.45) is 6.73. The second kappa shape index (κ2) is 11.7.